The molecule has 0 bridgehead atoms. The van der Waals surface area contributed by atoms with Gasteiger partial charge in [-0.3, -0.25) is 32.4 Å². The first-order valence-electron chi connectivity index (χ1n) is 24.0. The number of carbonyl (C=O) groups is 4. The molecule has 19 unspecified atom stereocenters. The van der Waals surface area contributed by atoms with Crippen LogP contribution >= 0.6 is 0 Å². The lowest BCUT2D eigenvalue weighted by Crippen LogP contribution is -2.69. The second-order valence-corrected chi connectivity index (χ2v) is 28.4. The first kappa shape index (κ1) is 84.8. The number of ketones is 1. The van der Waals surface area contributed by atoms with Crippen LogP contribution in [0.25, 0.3) is 0 Å². The van der Waals surface area contributed by atoms with Crippen molar-refractivity contribution in [3.05, 3.63) is 11.6 Å². The zero-order valence-corrected chi connectivity index (χ0v) is 52.3. The molecule has 19 atom stereocenters. The van der Waals surface area contributed by atoms with Gasteiger partial charge in [-0.2, -0.15) is 42.1 Å². The molecule has 0 aromatic rings. The van der Waals surface area contributed by atoms with Crippen LogP contribution in [0.1, 0.15) is 106 Å². The third kappa shape index (κ3) is 16.2. The molecule has 5 aliphatic carbocycles. The topological polar surface area (TPSA) is 764 Å². The number of hydrogen-bond acceptors (Lipinski definition) is 31. The molecule has 0 spiro atoms. The van der Waals surface area contributed by atoms with Crippen molar-refractivity contribution in [3.8, 4) is 0 Å². The molecule has 86 heavy (non-hydrogen) atoms. The number of ether oxygens (including phenoxy) is 4. The molecule has 39 nitrogen and oxygen atoms in total. The fraction of sp³-hybridized carbons (Fsp3) is 0.857. The molecular formula is C42H86N8O31S5. The van der Waals surface area contributed by atoms with Crippen LogP contribution in [0.4, 0.5) is 0 Å². The molecule has 44 heteroatoms. The van der Waals surface area contributed by atoms with Gasteiger partial charge >= 0.3 is 69.9 Å². The zero-order valence-electron chi connectivity index (χ0n) is 48.2. The summed E-state index contributed by atoms with van der Waals surface area (Å²) in [5.41, 5.74) is -3.78. The van der Waals surface area contributed by atoms with Gasteiger partial charge in [0.25, 0.3) is 0 Å². The molecule has 2 aliphatic heterocycles. The van der Waals surface area contributed by atoms with Gasteiger partial charge in [0.05, 0.1) is 11.5 Å². The highest BCUT2D eigenvalue weighted by Gasteiger charge is 2.71. The van der Waals surface area contributed by atoms with E-state index in [0.29, 0.717) is 38.5 Å². The molecule has 6 fully saturated rings. The molecule has 510 valence electrons. The summed E-state index contributed by atoms with van der Waals surface area (Å²) in [5, 5.41) is 30.8. The highest BCUT2D eigenvalue weighted by atomic mass is 32.3. The minimum absolute atomic E-state index is 0. The van der Waals surface area contributed by atoms with Crippen LogP contribution in [-0.2, 0) is 111 Å². The molecule has 0 amide bonds. The Kier molecular flexibility index (Phi) is 27.3. The zero-order chi connectivity index (χ0) is 58.9. The Labute approximate surface area is 497 Å². The van der Waals surface area contributed by atoms with Crippen molar-refractivity contribution in [2.24, 2.45) is 50.2 Å². The Morgan fingerprint density at radius 2 is 0.907 bits per heavy atom. The molecule has 0 aromatic heterocycles. The minimum atomic E-state index is -6.12. The van der Waals surface area contributed by atoms with Crippen LogP contribution in [0.2, 0.25) is 0 Å². The summed E-state index contributed by atoms with van der Waals surface area (Å²) in [4.78, 5) is 53.2. The second kappa shape index (κ2) is 27.7. The van der Waals surface area contributed by atoms with Crippen LogP contribution in [0.15, 0.2) is 11.6 Å². The molecule has 0 radical (unpaired) electrons. The van der Waals surface area contributed by atoms with Crippen LogP contribution in [0.5, 0.6) is 0 Å². The highest BCUT2D eigenvalue weighted by Crippen LogP contribution is 2.75. The van der Waals surface area contributed by atoms with E-state index < -0.39 is 176 Å². The number of hydrogen-bond donors (Lipinski definition) is 16. The Bertz CT molecular complexity index is 3090. The Balaban J connectivity index is 0. The number of carboxylic acid groups (broad SMARTS) is 3. The summed E-state index contributed by atoms with van der Waals surface area (Å²) >= 11 is 0. The number of allylic oxidation sites excluding steroid dienone is 2. The van der Waals surface area contributed by atoms with E-state index in [1.807, 2.05) is 6.92 Å². The fourth-order valence-corrected chi connectivity index (χ4v) is 17.0. The van der Waals surface area contributed by atoms with Crippen LogP contribution in [0, 0.1) is 50.2 Å². The maximum atomic E-state index is 15.1. The van der Waals surface area contributed by atoms with Crippen molar-refractivity contribution in [1.82, 2.24) is 49.2 Å². The second-order valence-electron chi connectivity index (χ2n) is 23.1. The van der Waals surface area contributed by atoms with E-state index in [-0.39, 0.29) is 79.2 Å². The van der Waals surface area contributed by atoms with Gasteiger partial charge in [0.2, 0.25) is 0 Å². The monoisotopic (exact) mass is 1360 g/mol. The summed E-state index contributed by atoms with van der Waals surface area (Å²) in [6.07, 6.45) is -26.4. The lowest BCUT2D eigenvalue weighted by atomic mass is 9.33. The van der Waals surface area contributed by atoms with Crippen LogP contribution < -0.4 is 49.2 Å². The highest BCUT2D eigenvalue weighted by molar-refractivity contribution is 7.82. The predicted molar refractivity (Wildman–Crippen MR) is 292 cm³/mol. The first-order chi connectivity index (χ1) is 35.2. The van der Waals surface area contributed by atoms with Crippen molar-refractivity contribution in [3.63, 3.8) is 0 Å². The Morgan fingerprint density at radius 1 is 0.512 bits per heavy atom. The summed E-state index contributed by atoms with van der Waals surface area (Å²) < 4.78 is 216. The van der Waals surface area contributed by atoms with Gasteiger partial charge in [-0.05, 0) is 110 Å². The molecule has 4 saturated carbocycles. The van der Waals surface area contributed by atoms with Gasteiger partial charge in [0.15, 0.2) is 36.7 Å². The molecule has 7 rings (SSSR count). The lowest BCUT2D eigenvalue weighted by molar-refractivity contribution is -0.364. The fourth-order valence-electron chi connectivity index (χ4n) is 14.5. The summed E-state index contributed by atoms with van der Waals surface area (Å²) in [6, 6.07) is 0. The standard InChI is InChI=1S/C42H62O31S5.8H3N/c1-37(2)21-8-11-42(7)31(20(43)16-18-19-17-39(4,36(48)49)13-12-38(19,3)14-15-41(18,42)6)40(21,5)10-9-22(37)65-34-29(25(71-76(56,57)58)23(69-74(50,51)52)27(66-34)32(44)45)68-35-30(73-78(62,63)64)26(72-77(59,60)61)24(70-75(53,54)55)28(67-35)33(46)47;;;;;;;;/h16,19,21-31,34-35H,8-15,17H2,1-7H3,(H,44,45)(H,46,47)(H,48,49)(H,50,51,52)(H,53,54,55)(H,56,57,58)(H,59,60,61)(H,62,63,64);8*1H3. The van der Waals surface area contributed by atoms with E-state index in [9.17, 15) is 94.6 Å². The van der Waals surface area contributed by atoms with E-state index in [4.69, 9.17) is 18.9 Å². The smallest absolute Gasteiger partial charge is 0.397 e. The maximum Gasteiger partial charge on any atom is 0.397 e. The average Bonchev–Trinajstić information content (AvgIpc) is 3.24. The SMILES string of the molecule is CC1(C(=O)O)CCC2(C)CCC3(C)C(=CC(=O)C4C5(C)CCC(OC6OC(C(=O)O)C(OS(=O)(=O)O)C(OS(=O)(=O)O)C6OC6OC(C(=O)O)C(OS(=O)(=O)O)C(OS(=O)(=O)O)C6OS(=O)(=O)O)C(C)(C)C5CCC43C)C2C1.N.N.N.N.N.N.N.N. The quantitative estimate of drug-likeness (QED) is 0.0735. The van der Waals surface area contributed by atoms with Gasteiger partial charge in [-0.15, -0.1) is 0 Å². The van der Waals surface area contributed by atoms with Crippen molar-refractivity contribution in [2.45, 2.75) is 174 Å². The number of carboxylic acids is 3. The molecule has 2 heterocycles. The van der Waals surface area contributed by atoms with Crippen molar-refractivity contribution >= 4 is 75.7 Å². The van der Waals surface area contributed by atoms with Crippen LogP contribution in [0.3, 0.4) is 0 Å². The summed E-state index contributed by atoms with van der Waals surface area (Å²) in [7, 11) is -30.3. The molecular weight excluding hydrogens is 1270 g/mol. The third-order valence-electron chi connectivity index (χ3n) is 18.3. The predicted octanol–water partition coefficient (Wildman–Crippen LogP) is 2.68. The average molecular weight is 1360 g/mol. The van der Waals surface area contributed by atoms with Gasteiger partial charge in [-0.1, -0.05) is 47.1 Å². The lowest BCUT2D eigenvalue weighted by Gasteiger charge is -2.70. The van der Waals surface area contributed by atoms with Crippen LogP contribution in [-0.4, -0.2) is 171 Å². The minimum Gasteiger partial charge on any atom is -0.481 e. The number of aliphatic carboxylic acids is 3. The van der Waals surface area contributed by atoms with E-state index in [0.717, 1.165) is 12.0 Å². The Hall–Kier alpha value is -3.31. The summed E-state index contributed by atoms with van der Waals surface area (Å²) in [6.45, 7) is 13.4. The Morgan fingerprint density at radius 3 is 1.33 bits per heavy atom. The van der Waals surface area contributed by atoms with Crippen molar-refractivity contribution < 1.29 is 139 Å². The van der Waals surface area contributed by atoms with Crippen molar-refractivity contribution in [1.29, 1.82) is 0 Å². The van der Waals surface area contributed by atoms with E-state index in [1.165, 1.54) is 0 Å². The molecule has 2 saturated heterocycles. The van der Waals surface area contributed by atoms with Gasteiger partial charge in [0, 0.05) is 5.92 Å². The normalized spacial score (nSPS) is 39.2. The van der Waals surface area contributed by atoms with Gasteiger partial charge in [0.1, 0.15) is 30.5 Å². The van der Waals surface area contributed by atoms with Gasteiger partial charge in [-0.25, -0.2) is 30.5 Å². The molecule has 0 aromatic carbocycles. The number of carbonyl (C=O) groups excluding carboxylic acids is 1. The third-order valence-corrected chi connectivity index (χ3v) is 20.6. The summed E-state index contributed by atoms with van der Waals surface area (Å²) in [5.74, 6) is -7.17. The number of fused-ring (bicyclic) bond motifs is 7. The molecule has 32 N–H and O–H groups in total. The largest absolute Gasteiger partial charge is 0.481 e. The van der Waals surface area contributed by atoms with E-state index in [2.05, 4.69) is 41.7 Å². The van der Waals surface area contributed by atoms with E-state index >= 15 is 4.79 Å². The molecule has 7 aliphatic rings. The number of rotatable bonds is 17. The maximum absolute atomic E-state index is 15.1. The van der Waals surface area contributed by atoms with E-state index in [1.54, 1.807) is 26.8 Å². The van der Waals surface area contributed by atoms with Gasteiger partial charge < -0.3 is 83.5 Å². The first-order valence-corrected chi connectivity index (χ1v) is 30.9. The van der Waals surface area contributed by atoms with Crippen molar-refractivity contribution in [2.75, 3.05) is 0 Å².